The molecule has 0 saturated heterocycles. The van der Waals surface area contributed by atoms with Crippen LogP contribution in [0.4, 0.5) is 0 Å². The van der Waals surface area contributed by atoms with Gasteiger partial charge in [-0.05, 0) is 36.8 Å². The fraction of sp³-hybridized carbons (Fsp3) is 0.222. The first-order valence-corrected chi connectivity index (χ1v) is 9.22. The van der Waals surface area contributed by atoms with E-state index in [2.05, 4.69) is 21.7 Å². The number of aromatic nitrogens is 1. The van der Waals surface area contributed by atoms with Gasteiger partial charge < -0.3 is 10.1 Å². The van der Waals surface area contributed by atoms with E-state index < -0.39 is 0 Å². The molecule has 1 aromatic carbocycles. The number of carbonyl (C=O) groups is 1. The van der Waals surface area contributed by atoms with Gasteiger partial charge in [0.25, 0.3) is 5.91 Å². The van der Waals surface area contributed by atoms with Crippen molar-refractivity contribution in [3.8, 4) is 10.6 Å². The van der Waals surface area contributed by atoms with Gasteiger partial charge in [0.2, 0.25) is 0 Å². The lowest BCUT2D eigenvalue weighted by Crippen LogP contribution is -2.22. The Labute approximate surface area is 149 Å². The molecule has 0 fully saturated rings. The van der Waals surface area contributed by atoms with Crippen molar-refractivity contribution < 1.29 is 9.53 Å². The van der Waals surface area contributed by atoms with Gasteiger partial charge in [-0.25, -0.2) is 4.98 Å². The van der Waals surface area contributed by atoms with Crippen LogP contribution in [0.2, 0.25) is 0 Å². The van der Waals surface area contributed by atoms with Gasteiger partial charge in [-0.3, -0.25) is 4.79 Å². The van der Waals surface area contributed by atoms with Crippen LogP contribution >= 0.6 is 22.7 Å². The zero-order chi connectivity index (χ0) is 16.9. The summed E-state index contributed by atoms with van der Waals surface area (Å²) in [5.74, 6) is -0.0709. The second-order valence-electron chi connectivity index (χ2n) is 5.33. The summed E-state index contributed by atoms with van der Waals surface area (Å²) in [7, 11) is 1.66. The van der Waals surface area contributed by atoms with E-state index in [0.29, 0.717) is 18.7 Å². The highest BCUT2D eigenvalue weighted by molar-refractivity contribution is 7.16. The van der Waals surface area contributed by atoms with Crippen LogP contribution in [0.3, 0.4) is 0 Å². The summed E-state index contributed by atoms with van der Waals surface area (Å²) in [4.78, 5) is 19.0. The quantitative estimate of drug-likeness (QED) is 0.716. The minimum absolute atomic E-state index is 0.0709. The highest BCUT2D eigenvalue weighted by Crippen LogP contribution is 2.28. The van der Waals surface area contributed by atoms with E-state index >= 15 is 0 Å². The SMILES string of the molecule is COCc1ccc(C(=O)NCc2ccc(-c3csc(C)n3)s2)cc1. The Morgan fingerprint density at radius 1 is 1.21 bits per heavy atom. The summed E-state index contributed by atoms with van der Waals surface area (Å²) in [6.07, 6.45) is 0. The normalized spacial score (nSPS) is 10.8. The van der Waals surface area contributed by atoms with Crippen LogP contribution in [0.5, 0.6) is 0 Å². The van der Waals surface area contributed by atoms with Gasteiger partial charge in [-0.2, -0.15) is 0 Å². The van der Waals surface area contributed by atoms with Crippen LogP contribution < -0.4 is 5.32 Å². The predicted molar refractivity (Wildman–Crippen MR) is 98.5 cm³/mol. The molecule has 0 atom stereocenters. The molecular formula is C18H18N2O2S2. The number of benzene rings is 1. The third-order valence-electron chi connectivity index (χ3n) is 3.48. The number of methoxy groups -OCH3 is 1. The first-order chi connectivity index (χ1) is 11.7. The molecule has 0 unspecified atom stereocenters. The van der Waals surface area contributed by atoms with Crippen LogP contribution in [0.1, 0.15) is 25.8 Å². The van der Waals surface area contributed by atoms with Gasteiger partial charge in [0, 0.05) is 22.9 Å². The minimum Gasteiger partial charge on any atom is -0.380 e. The molecule has 0 bridgehead atoms. The van der Waals surface area contributed by atoms with E-state index in [9.17, 15) is 4.79 Å². The molecule has 4 nitrogen and oxygen atoms in total. The van der Waals surface area contributed by atoms with Gasteiger partial charge in [-0.1, -0.05) is 12.1 Å². The number of aryl methyl sites for hydroxylation is 1. The van der Waals surface area contributed by atoms with Crippen molar-refractivity contribution in [2.75, 3.05) is 7.11 Å². The Morgan fingerprint density at radius 2 is 2.00 bits per heavy atom. The van der Waals surface area contributed by atoms with Crippen molar-refractivity contribution in [2.45, 2.75) is 20.1 Å². The number of ether oxygens (including phenoxy) is 1. The van der Waals surface area contributed by atoms with E-state index in [1.54, 1.807) is 29.8 Å². The van der Waals surface area contributed by atoms with Crippen molar-refractivity contribution in [1.29, 1.82) is 0 Å². The molecule has 2 aromatic heterocycles. The van der Waals surface area contributed by atoms with E-state index in [0.717, 1.165) is 26.0 Å². The molecule has 2 heterocycles. The van der Waals surface area contributed by atoms with Gasteiger partial charge in [0.05, 0.1) is 28.7 Å². The van der Waals surface area contributed by atoms with Crippen LogP contribution in [0, 0.1) is 6.92 Å². The standard InChI is InChI=1S/C18H18N2O2S2/c1-12-20-16(11-23-12)17-8-7-15(24-17)9-19-18(21)14-5-3-13(4-6-14)10-22-2/h3-8,11H,9-10H2,1-2H3,(H,19,21). The lowest BCUT2D eigenvalue weighted by Gasteiger charge is -2.05. The summed E-state index contributed by atoms with van der Waals surface area (Å²) in [6, 6.07) is 11.6. The molecule has 0 radical (unpaired) electrons. The van der Waals surface area contributed by atoms with Crippen molar-refractivity contribution in [3.63, 3.8) is 0 Å². The topological polar surface area (TPSA) is 51.2 Å². The third-order valence-corrected chi connectivity index (χ3v) is 5.36. The smallest absolute Gasteiger partial charge is 0.251 e. The van der Waals surface area contributed by atoms with Crippen LogP contribution in [0.15, 0.2) is 41.8 Å². The van der Waals surface area contributed by atoms with Gasteiger partial charge in [0.15, 0.2) is 0 Å². The zero-order valence-corrected chi connectivity index (χ0v) is 15.2. The first kappa shape index (κ1) is 16.8. The lowest BCUT2D eigenvalue weighted by atomic mass is 10.1. The van der Waals surface area contributed by atoms with E-state index in [4.69, 9.17) is 4.74 Å². The maximum absolute atomic E-state index is 12.2. The number of nitrogens with zero attached hydrogens (tertiary/aromatic N) is 1. The summed E-state index contributed by atoms with van der Waals surface area (Å²) >= 11 is 3.30. The van der Waals surface area contributed by atoms with E-state index in [-0.39, 0.29) is 5.91 Å². The van der Waals surface area contributed by atoms with Gasteiger partial charge >= 0.3 is 0 Å². The van der Waals surface area contributed by atoms with Crippen LogP contribution in [-0.4, -0.2) is 18.0 Å². The molecular weight excluding hydrogens is 340 g/mol. The Morgan fingerprint density at radius 3 is 2.67 bits per heavy atom. The molecule has 3 rings (SSSR count). The highest BCUT2D eigenvalue weighted by atomic mass is 32.1. The fourth-order valence-electron chi connectivity index (χ4n) is 2.28. The summed E-state index contributed by atoms with van der Waals surface area (Å²) in [5.41, 5.74) is 2.71. The number of thiophene rings is 1. The van der Waals surface area contributed by atoms with Crippen molar-refractivity contribution in [2.24, 2.45) is 0 Å². The molecule has 1 N–H and O–H groups in total. The third kappa shape index (κ3) is 4.08. The molecule has 1 amide bonds. The Balaban J connectivity index is 1.59. The van der Waals surface area contributed by atoms with Crippen molar-refractivity contribution in [1.82, 2.24) is 10.3 Å². The molecule has 0 spiro atoms. The van der Waals surface area contributed by atoms with Gasteiger partial charge in [0.1, 0.15) is 0 Å². The molecule has 0 aliphatic heterocycles. The van der Waals surface area contributed by atoms with Crippen LogP contribution in [-0.2, 0) is 17.9 Å². The highest BCUT2D eigenvalue weighted by Gasteiger charge is 2.09. The molecule has 124 valence electrons. The average Bonchev–Trinajstić information content (AvgIpc) is 3.22. The monoisotopic (exact) mass is 358 g/mol. The molecule has 0 saturated carbocycles. The fourth-order valence-corrected chi connectivity index (χ4v) is 3.87. The zero-order valence-electron chi connectivity index (χ0n) is 13.5. The Kier molecular flexibility index (Phi) is 5.40. The minimum atomic E-state index is -0.0709. The lowest BCUT2D eigenvalue weighted by molar-refractivity contribution is 0.0951. The Bertz CT molecular complexity index is 822. The van der Waals surface area contributed by atoms with E-state index in [1.807, 2.05) is 37.3 Å². The average molecular weight is 358 g/mol. The van der Waals surface area contributed by atoms with Gasteiger partial charge in [-0.15, -0.1) is 22.7 Å². The molecule has 24 heavy (non-hydrogen) atoms. The summed E-state index contributed by atoms with van der Waals surface area (Å²) in [5, 5.41) is 6.08. The number of carbonyl (C=O) groups excluding carboxylic acids is 1. The second kappa shape index (κ2) is 7.70. The first-order valence-electron chi connectivity index (χ1n) is 7.53. The van der Waals surface area contributed by atoms with E-state index in [1.165, 1.54) is 0 Å². The number of rotatable bonds is 6. The number of thiazole rings is 1. The van der Waals surface area contributed by atoms with Crippen molar-refractivity contribution >= 4 is 28.6 Å². The molecule has 0 aliphatic carbocycles. The number of amides is 1. The molecule has 3 aromatic rings. The molecule has 6 heteroatoms. The second-order valence-corrected chi connectivity index (χ2v) is 7.56. The predicted octanol–water partition coefficient (Wildman–Crippen LogP) is 4.26. The maximum atomic E-state index is 12.2. The summed E-state index contributed by atoms with van der Waals surface area (Å²) in [6.45, 7) is 3.07. The summed E-state index contributed by atoms with van der Waals surface area (Å²) < 4.78 is 5.07. The Hall–Kier alpha value is -2.02. The largest absolute Gasteiger partial charge is 0.380 e. The van der Waals surface area contributed by atoms with Crippen LogP contribution in [0.25, 0.3) is 10.6 Å². The molecule has 0 aliphatic rings. The maximum Gasteiger partial charge on any atom is 0.251 e. The number of hydrogen-bond donors (Lipinski definition) is 1. The number of hydrogen-bond acceptors (Lipinski definition) is 5. The van der Waals surface area contributed by atoms with Crippen molar-refractivity contribution in [3.05, 3.63) is 62.8 Å². The number of nitrogens with one attached hydrogen (secondary N) is 1.